The van der Waals surface area contributed by atoms with Crippen LogP contribution in [-0.4, -0.2) is 17.5 Å². The maximum absolute atomic E-state index is 12.3. The van der Waals surface area contributed by atoms with Gasteiger partial charge in [0.05, 0.1) is 5.56 Å². The van der Waals surface area contributed by atoms with Gasteiger partial charge in [-0.25, -0.2) is 4.79 Å². The molecule has 0 spiro atoms. The average Bonchev–Trinajstić information content (AvgIpc) is 2.54. The molecule has 1 N–H and O–H groups in total. The van der Waals surface area contributed by atoms with Crippen molar-refractivity contribution in [2.75, 3.05) is 5.32 Å². The molecule has 0 saturated heterocycles. The van der Waals surface area contributed by atoms with Crippen molar-refractivity contribution in [2.24, 2.45) is 5.92 Å². The number of benzene rings is 2. The molecule has 0 saturated carbocycles. The molecule has 2 aromatic carbocycles. The molecule has 0 aliphatic heterocycles. The van der Waals surface area contributed by atoms with Gasteiger partial charge in [0, 0.05) is 11.6 Å². The molecule has 4 heteroatoms. The molecule has 0 fully saturated rings. The molecule has 2 aromatic rings. The van der Waals surface area contributed by atoms with E-state index in [1.54, 1.807) is 24.3 Å². The summed E-state index contributed by atoms with van der Waals surface area (Å²) in [5, 5.41) is 2.89. The Bertz CT molecular complexity index is 715. The number of carbonyl (C=O) groups is 2. The maximum atomic E-state index is 12.3. The van der Waals surface area contributed by atoms with Crippen molar-refractivity contribution < 1.29 is 14.3 Å². The third-order valence-electron chi connectivity index (χ3n) is 3.62. The fourth-order valence-electron chi connectivity index (χ4n) is 2.35. The molecule has 0 radical (unpaired) electrons. The van der Waals surface area contributed by atoms with Gasteiger partial charge in [-0.1, -0.05) is 37.3 Å². The van der Waals surface area contributed by atoms with Crippen LogP contribution in [0.5, 0.6) is 0 Å². The predicted octanol–water partition coefficient (Wildman–Crippen LogP) is 4.46. The van der Waals surface area contributed by atoms with Gasteiger partial charge in [0.15, 0.2) is 0 Å². The van der Waals surface area contributed by atoms with E-state index in [9.17, 15) is 9.59 Å². The van der Waals surface area contributed by atoms with Gasteiger partial charge in [-0.15, -0.1) is 0 Å². The van der Waals surface area contributed by atoms with Crippen molar-refractivity contribution in [1.82, 2.24) is 0 Å². The van der Waals surface area contributed by atoms with E-state index in [0.717, 1.165) is 5.56 Å². The number of hydrogen-bond acceptors (Lipinski definition) is 3. The first-order chi connectivity index (χ1) is 11.7. The van der Waals surface area contributed by atoms with Crippen LogP contribution in [0, 0.1) is 5.92 Å². The standard InChI is InChI=1S/C21H25NO3/c1-15(14-16-8-6-5-7-9-16)19(23)22-18-12-10-17(11-13-18)20(24)25-21(2,3)4/h5-13,15H,14H2,1-4H3,(H,22,23)/t15-/m0/s1. The van der Waals surface area contributed by atoms with Crippen LogP contribution < -0.4 is 5.32 Å². The Balaban J connectivity index is 1.94. The summed E-state index contributed by atoms with van der Waals surface area (Å²) in [6.07, 6.45) is 0.683. The van der Waals surface area contributed by atoms with Gasteiger partial charge in [-0.05, 0) is 57.0 Å². The van der Waals surface area contributed by atoms with Crippen LogP contribution in [0.25, 0.3) is 0 Å². The smallest absolute Gasteiger partial charge is 0.338 e. The van der Waals surface area contributed by atoms with Crippen LogP contribution in [0.2, 0.25) is 0 Å². The topological polar surface area (TPSA) is 55.4 Å². The Morgan fingerprint density at radius 1 is 1.00 bits per heavy atom. The zero-order valence-corrected chi connectivity index (χ0v) is 15.2. The average molecular weight is 339 g/mol. The third kappa shape index (κ3) is 6.07. The first-order valence-corrected chi connectivity index (χ1v) is 8.43. The minimum atomic E-state index is -0.531. The second-order valence-corrected chi connectivity index (χ2v) is 7.16. The van der Waals surface area contributed by atoms with Crippen molar-refractivity contribution in [3.63, 3.8) is 0 Å². The molecule has 4 nitrogen and oxygen atoms in total. The molecule has 2 rings (SSSR count). The van der Waals surface area contributed by atoms with E-state index in [1.165, 1.54) is 0 Å². The zero-order chi connectivity index (χ0) is 18.4. The molecule has 0 aromatic heterocycles. The highest BCUT2D eigenvalue weighted by Crippen LogP contribution is 2.16. The highest BCUT2D eigenvalue weighted by Gasteiger charge is 2.18. The van der Waals surface area contributed by atoms with Crippen molar-refractivity contribution >= 4 is 17.6 Å². The highest BCUT2D eigenvalue weighted by molar-refractivity contribution is 5.94. The molecular formula is C21H25NO3. The summed E-state index contributed by atoms with van der Waals surface area (Å²) in [5.41, 5.74) is 1.73. The maximum Gasteiger partial charge on any atom is 0.338 e. The number of carbonyl (C=O) groups excluding carboxylic acids is 2. The summed E-state index contributed by atoms with van der Waals surface area (Å²) in [6.45, 7) is 7.38. The first-order valence-electron chi connectivity index (χ1n) is 8.43. The number of nitrogens with one attached hydrogen (secondary N) is 1. The lowest BCUT2D eigenvalue weighted by Gasteiger charge is -2.19. The molecule has 0 bridgehead atoms. The number of hydrogen-bond donors (Lipinski definition) is 1. The number of amides is 1. The van der Waals surface area contributed by atoms with E-state index in [1.807, 2.05) is 58.0 Å². The summed E-state index contributed by atoms with van der Waals surface area (Å²) in [7, 11) is 0. The minimum absolute atomic E-state index is 0.0473. The molecule has 0 heterocycles. The van der Waals surface area contributed by atoms with E-state index in [-0.39, 0.29) is 17.8 Å². The lowest BCUT2D eigenvalue weighted by molar-refractivity contribution is -0.119. The first kappa shape index (κ1) is 18.7. The predicted molar refractivity (Wildman–Crippen MR) is 99.6 cm³/mol. The van der Waals surface area contributed by atoms with Gasteiger partial charge in [-0.2, -0.15) is 0 Å². The summed E-state index contributed by atoms with van der Waals surface area (Å²) in [6, 6.07) is 16.7. The number of anilines is 1. The molecule has 1 amide bonds. The van der Waals surface area contributed by atoms with Crippen molar-refractivity contribution in [2.45, 2.75) is 39.7 Å². The molecule has 25 heavy (non-hydrogen) atoms. The van der Waals surface area contributed by atoms with Crippen molar-refractivity contribution in [3.8, 4) is 0 Å². The summed E-state index contributed by atoms with van der Waals surface area (Å²) < 4.78 is 5.32. The number of rotatable bonds is 5. The fraction of sp³-hybridized carbons (Fsp3) is 0.333. The zero-order valence-electron chi connectivity index (χ0n) is 15.2. The van der Waals surface area contributed by atoms with Gasteiger partial charge >= 0.3 is 5.97 Å². The monoisotopic (exact) mass is 339 g/mol. The summed E-state index contributed by atoms with van der Waals surface area (Å²) in [5.74, 6) is -0.565. The molecule has 0 aliphatic rings. The summed E-state index contributed by atoms with van der Waals surface area (Å²) >= 11 is 0. The van der Waals surface area contributed by atoms with E-state index in [4.69, 9.17) is 4.74 Å². The fourth-order valence-corrected chi connectivity index (χ4v) is 2.35. The van der Waals surface area contributed by atoms with Crippen molar-refractivity contribution in [1.29, 1.82) is 0 Å². The lowest BCUT2D eigenvalue weighted by Crippen LogP contribution is -2.24. The van der Waals surface area contributed by atoms with E-state index in [2.05, 4.69) is 5.32 Å². The minimum Gasteiger partial charge on any atom is -0.456 e. The molecule has 1 atom stereocenters. The van der Waals surface area contributed by atoms with Crippen LogP contribution in [0.4, 0.5) is 5.69 Å². The molecule has 0 aliphatic carbocycles. The summed E-state index contributed by atoms with van der Waals surface area (Å²) in [4.78, 5) is 24.3. The second kappa shape index (κ2) is 7.97. The van der Waals surface area contributed by atoms with E-state index in [0.29, 0.717) is 17.7 Å². The van der Waals surface area contributed by atoms with Crippen LogP contribution in [-0.2, 0) is 16.0 Å². The van der Waals surface area contributed by atoms with Crippen molar-refractivity contribution in [3.05, 3.63) is 65.7 Å². The van der Waals surface area contributed by atoms with Gasteiger partial charge in [0.2, 0.25) is 5.91 Å². The van der Waals surface area contributed by atoms with Gasteiger partial charge in [0.1, 0.15) is 5.60 Å². The Kier molecular flexibility index (Phi) is 5.97. The van der Waals surface area contributed by atoms with Crippen LogP contribution in [0.3, 0.4) is 0 Å². The van der Waals surface area contributed by atoms with Crippen LogP contribution in [0.15, 0.2) is 54.6 Å². The number of esters is 1. The van der Waals surface area contributed by atoms with Crippen LogP contribution in [0.1, 0.15) is 43.6 Å². The highest BCUT2D eigenvalue weighted by atomic mass is 16.6. The van der Waals surface area contributed by atoms with Gasteiger partial charge in [0.25, 0.3) is 0 Å². The van der Waals surface area contributed by atoms with E-state index < -0.39 is 5.60 Å². The lowest BCUT2D eigenvalue weighted by atomic mass is 10.0. The van der Waals surface area contributed by atoms with E-state index >= 15 is 0 Å². The molecular weight excluding hydrogens is 314 g/mol. The second-order valence-electron chi connectivity index (χ2n) is 7.16. The van der Waals surface area contributed by atoms with Gasteiger partial charge < -0.3 is 10.1 Å². The molecule has 0 unspecified atom stereocenters. The number of ether oxygens (including phenoxy) is 1. The Morgan fingerprint density at radius 3 is 2.16 bits per heavy atom. The SMILES string of the molecule is C[C@@H](Cc1ccccc1)C(=O)Nc1ccc(C(=O)OC(C)(C)C)cc1. The Labute approximate surface area is 149 Å². The molecule has 132 valence electrons. The normalized spacial score (nSPS) is 12.3. The quantitative estimate of drug-likeness (QED) is 0.818. The third-order valence-corrected chi connectivity index (χ3v) is 3.62. The van der Waals surface area contributed by atoms with Crippen LogP contribution >= 0.6 is 0 Å². The largest absolute Gasteiger partial charge is 0.456 e. The Morgan fingerprint density at radius 2 is 1.60 bits per heavy atom. The Hall–Kier alpha value is -2.62. The van der Waals surface area contributed by atoms with Gasteiger partial charge in [-0.3, -0.25) is 4.79 Å².